The highest BCUT2D eigenvalue weighted by Crippen LogP contribution is 2.42. The third-order valence-corrected chi connectivity index (χ3v) is 3.68. The summed E-state index contributed by atoms with van der Waals surface area (Å²) in [7, 11) is 0. The van der Waals surface area contributed by atoms with Crippen molar-refractivity contribution in [2.24, 2.45) is 5.92 Å². The maximum atomic E-state index is 11.3. The van der Waals surface area contributed by atoms with Gasteiger partial charge in [-0.05, 0) is 37.7 Å². The Hall–Kier alpha value is -1.35. The molecule has 1 aliphatic carbocycles. The summed E-state index contributed by atoms with van der Waals surface area (Å²) in [5, 5.41) is 19.4. The number of hydrogen-bond acceptors (Lipinski definition) is 2. The van der Waals surface area contributed by atoms with E-state index >= 15 is 0 Å². The second-order valence-corrected chi connectivity index (χ2v) is 5.20. The average molecular weight is 234 g/mol. The number of carboxylic acids is 1. The predicted molar refractivity (Wildman–Crippen MR) is 64.8 cm³/mol. The largest absolute Gasteiger partial charge is 0.481 e. The lowest BCUT2D eigenvalue weighted by Gasteiger charge is -2.38. The lowest BCUT2D eigenvalue weighted by molar-refractivity contribution is -0.145. The van der Waals surface area contributed by atoms with Gasteiger partial charge in [-0.1, -0.05) is 30.3 Å². The molecule has 1 saturated carbocycles. The van der Waals surface area contributed by atoms with Crippen molar-refractivity contribution in [2.75, 3.05) is 0 Å². The maximum Gasteiger partial charge on any atom is 0.307 e. The highest BCUT2D eigenvalue weighted by molar-refractivity contribution is 5.71. The zero-order chi connectivity index (χ0) is 12.5. The SMILES string of the molecule is C[C@@]1(O)CC[C@@H](C(=O)O)[C@H](c2ccccc2)C1. The molecule has 3 atom stereocenters. The number of aliphatic carboxylic acids is 1. The zero-order valence-corrected chi connectivity index (χ0v) is 9.97. The van der Waals surface area contributed by atoms with E-state index in [4.69, 9.17) is 0 Å². The van der Waals surface area contributed by atoms with Gasteiger partial charge in [-0.3, -0.25) is 4.79 Å². The molecule has 0 spiro atoms. The number of hydrogen-bond donors (Lipinski definition) is 2. The summed E-state index contributed by atoms with van der Waals surface area (Å²) in [5.74, 6) is -1.22. The molecule has 0 unspecified atom stereocenters. The van der Waals surface area contributed by atoms with E-state index in [0.717, 1.165) is 5.56 Å². The minimum atomic E-state index is -0.755. The lowest BCUT2D eigenvalue weighted by atomic mass is 9.69. The first-order chi connectivity index (χ1) is 7.99. The molecule has 2 rings (SSSR count). The Kier molecular flexibility index (Phi) is 3.20. The van der Waals surface area contributed by atoms with E-state index < -0.39 is 11.6 Å². The summed E-state index contributed by atoms with van der Waals surface area (Å²) in [5.41, 5.74) is 0.270. The zero-order valence-electron chi connectivity index (χ0n) is 9.97. The standard InChI is InChI=1S/C14H18O3/c1-14(17)8-7-11(13(15)16)12(9-14)10-5-3-2-4-6-10/h2-6,11-12,17H,7-9H2,1H3,(H,15,16)/t11-,12+,14-/m1/s1. The van der Waals surface area contributed by atoms with Crippen molar-refractivity contribution in [3.8, 4) is 0 Å². The monoisotopic (exact) mass is 234 g/mol. The van der Waals surface area contributed by atoms with Crippen molar-refractivity contribution in [3.63, 3.8) is 0 Å². The first-order valence-corrected chi connectivity index (χ1v) is 6.00. The smallest absolute Gasteiger partial charge is 0.307 e. The average Bonchev–Trinajstić information content (AvgIpc) is 2.28. The molecule has 1 aromatic carbocycles. The molecule has 0 bridgehead atoms. The fourth-order valence-corrected chi connectivity index (χ4v) is 2.73. The topological polar surface area (TPSA) is 57.5 Å². The van der Waals surface area contributed by atoms with E-state index in [9.17, 15) is 15.0 Å². The van der Waals surface area contributed by atoms with Gasteiger partial charge in [0.1, 0.15) is 0 Å². The predicted octanol–water partition coefficient (Wildman–Crippen LogP) is 2.41. The Labute approximate surface area is 101 Å². The van der Waals surface area contributed by atoms with E-state index in [2.05, 4.69) is 0 Å². The van der Waals surface area contributed by atoms with Crippen molar-refractivity contribution >= 4 is 5.97 Å². The highest BCUT2D eigenvalue weighted by atomic mass is 16.4. The fraction of sp³-hybridized carbons (Fsp3) is 0.500. The van der Waals surface area contributed by atoms with Crippen LogP contribution in [-0.2, 0) is 4.79 Å². The first kappa shape index (κ1) is 12.1. The summed E-state index contributed by atoms with van der Waals surface area (Å²) in [6, 6.07) is 9.64. The minimum absolute atomic E-state index is 0.0857. The van der Waals surface area contributed by atoms with Crippen LogP contribution in [0.25, 0.3) is 0 Å². The lowest BCUT2D eigenvalue weighted by Crippen LogP contribution is -2.38. The van der Waals surface area contributed by atoms with Gasteiger partial charge in [0, 0.05) is 0 Å². The van der Waals surface area contributed by atoms with E-state index in [-0.39, 0.29) is 11.8 Å². The molecule has 1 fully saturated rings. The third kappa shape index (κ3) is 2.67. The number of carboxylic acid groups (broad SMARTS) is 1. The summed E-state index contributed by atoms with van der Waals surface area (Å²) >= 11 is 0. The van der Waals surface area contributed by atoms with Crippen molar-refractivity contribution in [1.82, 2.24) is 0 Å². The van der Waals surface area contributed by atoms with Gasteiger partial charge in [0.25, 0.3) is 0 Å². The first-order valence-electron chi connectivity index (χ1n) is 6.00. The molecule has 0 heterocycles. The quantitative estimate of drug-likeness (QED) is 0.826. The molecule has 3 heteroatoms. The Bertz CT molecular complexity index is 397. The number of aliphatic hydroxyl groups is 1. The Morgan fingerprint density at radius 3 is 2.59 bits per heavy atom. The van der Waals surface area contributed by atoms with Gasteiger partial charge in [-0.2, -0.15) is 0 Å². The van der Waals surface area contributed by atoms with Crippen LogP contribution in [0.5, 0.6) is 0 Å². The molecule has 0 saturated heterocycles. The van der Waals surface area contributed by atoms with Crippen LogP contribution in [0.4, 0.5) is 0 Å². The van der Waals surface area contributed by atoms with Crippen LogP contribution in [0.3, 0.4) is 0 Å². The Morgan fingerprint density at radius 1 is 1.35 bits per heavy atom. The second-order valence-electron chi connectivity index (χ2n) is 5.20. The number of rotatable bonds is 2. The normalized spacial score (nSPS) is 33.3. The van der Waals surface area contributed by atoms with Gasteiger partial charge < -0.3 is 10.2 Å². The van der Waals surface area contributed by atoms with Crippen LogP contribution >= 0.6 is 0 Å². The maximum absolute atomic E-state index is 11.3. The molecule has 1 aromatic rings. The molecular formula is C14H18O3. The summed E-state index contributed by atoms with van der Waals surface area (Å²) in [6.45, 7) is 1.79. The van der Waals surface area contributed by atoms with Gasteiger partial charge in [-0.25, -0.2) is 0 Å². The molecule has 92 valence electrons. The van der Waals surface area contributed by atoms with Gasteiger partial charge in [0.05, 0.1) is 11.5 Å². The van der Waals surface area contributed by atoms with Gasteiger partial charge in [-0.15, -0.1) is 0 Å². The molecule has 3 nitrogen and oxygen atoms in total. The third-order valence-electron chi connectivity index (χ3n) is 3.68. The number of benzene rings is 1. The van der Waals surface area contributed by atoms with Crippen LogP contribution in [0.15, 0.2) is 30.3 Å². The summed E-state index contributed by atoms with van der Waals surface area (Å²) < 4.78 is 0. The van der Waals surface area contributed by atoms with Crippen LogP contribution in [0, 0.1) is 5.92 Å². The van der Waals surface area contributed by atoms with E-state index in [0.29, 0.717) is 19.3 Å². The summed E-state index contributed by atoms with van der Waals surface area (Å²) in [4.78, 5) is 11.3. The molecule has 2 N–H and O–H groups in total. The van der Waals surface area contributed by atoms with Gasteiger partial charge in [0.15, 0.2) is 0 Å². The van der Waals surface area contributed by atoms with Crippen molar-refractivity contribution < 1.29 is 15.0 Å². The van der Waals surface area contributed by atoms with Crippen LogP contribution in [0.1, 0.15) is 37.7 Å². The summed E-state index contributed by atoms with van der Waals surface area (Å²) in [6.07, 6.45) is 1.63. The Morgan fingerprint density at radius 2 is 2.00 bits per heavy atom. The molecule has 0 aromatic heterocycles. The molecule has 0 amide bonds. The van der Waals surface area contributed by atoms with E-state index in [1.807, 2.05) is 30.3 Å². The number of carbonyl (C=O) groups is 1. The van der Waals surface area contributed by atoms with Gasteiger partial charge in [0.2, 0.25) is 0 Å². The van der Waals surface area contributed by atoms with Gasteiger partial charge >= 0.3 is 5.97 Å². The fourth-order valence-electron chi connectivity index (χ4n) is 2.73. The second kappa shape index (κ2) is 4.49. The van der Waals surface area contributed by atoms with Crippen LogP contribution in [0.2, 0.25) is 0 Å². The Balaban J connectivity index is 2.29. The minimum Gasteiger partial charge on any atom is -0.481 e. The van der Waals surface area contributed by atoms with E-state index in [1.54, 1.807) is 6.92 Å². The molecular weight excluding hydrogens is 216 g/mol. The van der Waals surface area contributed by atoms with Crippen LogP contribution in [-0.4, -0.2) is 21.8 Å². The van der Waals surface area contributed by atoms with Crippen molar-refractivity contribution in [2.45, 2.75) is 37.7 Å². The van der Waals surface area contributed by atoms with Crippen molar-refractivity contribution in [3.05, 3.63) is 35.9 Å². The molecule has 17 heavy (non-hydrogen) atoms. The molecule has 1 aliphatic rings. The highest BCUT2D eigenvalue weighted by Gasteiger charge is 2.40. The molecule has 0 aliphatic heterocycles. The molecule has 0 radical (unpaired) electrons. The van der Waals surface area contributed by atoms with Crippen molar-refractivity contribution in [1.29, 1.82) is 0 Å². The van der Waals surface area contributed by atoms with E-state index in [1.165, 1.54) is 0 Å². The van der Waals surface area contributed by atoms with Crippen LogP contribution < -0.4 is 0 Å².